The average Bonchev–Trinajstić information content (AvgIpc) is 2.87. The van der Waals surface area contributed by atoms with Crippen LogP contribution in [-0.2, 0) is 25.7 Å². The van der Waals surface area contributed by atoms with Crippen LogP contribution in [0.2, 0.25) is 15.1 Å². The van der Waals surface area contributed by atoms with Gasteiger partial charge in [0.2, 0.25) is 5.91 Å². The molecule has 3 aromatic rings. The molecule has 8 nitrogen and oxygen atoms in total. The Labute approximate surface area is 247 Å². The molecule has 0 bridgehead atoms. The number of halogens is 3. The molecule has 0 saturated carbocycles. The van der Waals surface area contributed by atoms with E-state index in [1.54, 1.807) is 75.4 Å². The molecule has 0 heterocycles. The van der Waals surface area contributed by atoms with Crippen molar-refractivity contribution in [1.82, 2.24) is 0 Å². The molecule has 1 unspecified atom stereocenters. The third-order valence-corrected chi connectivity index (χ3v) is 6.47. The number of carbonyl (C=O) groups excluding carboxylic acids is 2. The normalized spacial score (nSPS) is 12.0. The highest BCUT2D eigenvalue weighted by molar-refractivity contribution is 6.42. The second kappa shape index (κ2) is 13.4. The molecule has 0 fully saturated rings. The summed E-state index contributed by atoms with van der Waals surface area (Å²) in [6.45, 7) is 5.30. The number of hydrogen-bond acceptors (Lipinski definition) is 6. The molecule has 0 aliphatic carbocycles. The van der Waals surface area contributed by atoms with Gasteiger partial charge in [-0.15, -0.1) is 0 Å². The lowest BCUT2D eigenvalue weighted by molar-refractivity contribution is -0.156. The number of nitrogens with zero attached hydrogens (tertiary/aromatic N) is 1. The average molecular weight is 608 g/mol. The maximum Gasteiger partial charge on any atom is 0.328 e. The second-order valence-electron chi connectivity index (χ2n) is 9.92. The summed E-state index contributed by atoms with van der Waals surface area (Å²) in [5.41, 5.74) is 6.90. The lowest BCUT2D eigenvalue weighted by Gasteiger charge is -2.26. The van der Waals surface area contributed by atoms with Crippen molar-refractivity contribution >= 4 is 58.3 Å². The van der Waals surface area contributed by atoms with E-state index in [4.69, 9.17) is 55.1 Å². The number of carboxylic acids is 1. The number of carboxylic acid groups (broad SMARTS) is 1. The Balaban J connectivity index is 1.98. The van der Waals surface area contributed by atoms with Gasteiger partial charge >= 0.3 is 11.9 Å². The van der Waals surface area contributed by atoms with E-state index in [1.807, 2.05) is 0 Å². The largest absolute Gasteiger partial charge is 0.481 e. The van der Waals surface area contributed by atoms with Crippen molar-refractivity contribution in [3.8, 4) is 11.5 Å². The predicted molar refractivity (Wildman–Crippen MR) is 155 cm³/mol. The van der Waals surface area contributed by atoms with Crippen LogP contribution in [0.4, 0.5) is 5.69 Å². The van der Waals surface area contributed by atoms with E-state index in [0.717, 1.165) is 0 Å². The summed E-state index contributed by atoms with van der Waals surface area (Å²) in [6, 6.07) is 15.2. The molecule has 3 aromatic carbocycles. The zero-order valence-corrected chi connectivity index (χ0v) is 24.4. The number of benzene rings is 3. The number of aliphatic carboxylic acids is 1. The van der Waals surface area contributed by atoms with Gasteiger partial charge in [-0.1, -0.05) is 53.0 Å². The summed E-state index contributed by atoms with van der Waals surface area (Å²) in [5.74, 6) is -1.61. The summed E-state index contributed by atoms with van der Waals surface area (Å²) in [7, 11) is 0. The highest BCUT2D eigenvalue weighted by Gasteiger charge is 2.25. The van der Waals surface area contributed by atoms with Gasteiger partial charge in [-0.3, -0.25) is 9.59 Å². The second-order valence-corrected chi connectivity index (χ2v) is 11.2. The predicted octanol–water partition coefficient (Wildman–Crippen LogP) is 7.18. The minimum absolute atomic E-state index is 0.0525. The molecular weight excluding hydrogens is 579 g/mol. The van der Waals surface area contributed by atoms with Crippen LogP contribution >= 0.6 is 34.8 Å². The smallest absolute Gasteiger partial charge is 0.328 e. The molecule has 0 aliphatic heterocycles. The van der Waals surface area contributed by atoms with E-state index in [9.17, 15) is 14.4 Å². The fourth-order valence-electron chi connectivity index (χ4n) is 3.67. The molecule has 3 rings (SSSR count). The maximum absolute atomic E-state index is 13.3. The van der Waals surface area contributed by atoms with Crippen LogP contribution in [0, 0.1) is 0 Å². The minimum Gasteiger partial charge on any atom is -0.481 e. The van der Waals surface area contributed by atoms with E-state index in [1.165, 1.54) is 11.0 Å². The summed E-state index contributed by atoms with van der Waals surface area (Å²) in [4.78, 5) is 38.4. The highest BCUT2D eigenvalue weighted by Crippen LogP contribution is 2.37. The van der Waals surface area contributed by atoms with E-state index < -0.39 is 29.5 Å². The van der Waals surface area contributed by atoms with Gasteiger partial charge in [0.25, 0.3) is 0 Å². The number of ether oxygens (including phenoxy) is 2. The number of hydrogen-bond donors (Lipinski definition) is 2. The van der Waals surface area contributed by atoms with Crippen molar-refractivity contribution < 1.29 is 29.0 Å². The molecule has 1 atom stereocenters. The Bertz CT molecular complexity index is 1410. The van der Waals surface area contributed by atoms with E-state index in [-0.39, 0.29) is 25.1 Å². The van der Waals surface area contributed by atoms with Gasteiger partial charge in [-0.2, -0.15) is 0 Å². The lowest BCUT2D eigenvalue weighted by Crippen LogP contribution is -2.31. The molecule has 0 aromatic heterocycles. The van der Waals surface area contributed by atoms with Gasteiger partial charge < -0.3 is 25.2 Å². The van der Waals surface area contributed by atoms with Gasteiger partial charge in [-0.25, -0.2) is 4.79 Å². The van der Waals surface area contributed by atoms with Gasteiger partial charge in [0.15, 0.2) is 5.75 Å². The Hall–Kier alpha value is -3.30. The molecule has 40 heavy (non-hydrogen) atoms. The van der Waals surface area contributed by atoms with Crippen LogP contribution in [0.25, 0.3) is 0 Å². The zero-order valence-electron chi connectivity index (χ0n) is 22.1. The van der Waals surface area contributed by atoms with Gasteiger partial charge in [0.05, 0.1) is 28.7 Å². The highest BCUT2D eigenvalue weighted by atomic mass is 35.5. The number of anilines is 1. The van der Waals surface area contributed by atoms with Crippen molar-refractivity contribution in [2.75, 3.05) is 4.90 Å². The molecule has 212 valence electrons. The molecule has 0 radical (unpaired) electrons. The number of esters is 1. The minimum atomic E-state index is -1.10. The Morgan fingerprint density at radius 3 is 2.33 bits per heavy atom. The first-order valence-electron chi connectivity index (χ1n) is 12.3. The molecule has 0 spiro atoms. The van der Waals surface area contributed by atoms with Crippen LogP contribution in [0.3, 0.4) is 0 Å². The van der Waals surface area contributed by atoms with Crippen molar-refractivity contribution in [2.24, 2.45) is 5.73 Å². The first kappa shape index (κ1) is 31.2. The molecule has 11 heteroatoms. The van der Waals surface area contributed by atoms with Crippen molar-refractivity contribution in [3.63, 3.8) is 0 Å². The molecule has 0 aliphatic rings. The summed E-state index contributed by atoms with van der Waals surface area (Å²) in [5, 5.41) is 10.1. The van der Waals surface area contributed by atoms with Crippen LogP contribution in [0.15, 0.2) is 60.7 Å². The Morgan fingerprint density at radius 2 is 1.68 bits per heavy atom. The van der Waals surface area contributed by atoms with Crippen LogP contribution < -0.4 is 15.4 Å². The van der Waals surface area contributed by atoms with Crippen LogP contribution in [0.5, 0.6) is 11.5 Å². The number of amides is 1. The quantitative estimate of drug-likeness (QED) is 0.234. The van der Waals surface area contributed by atoms with E-state index >= 15 is 0 Å². The first-order valence-corrected chi connectivity index (χ1v) is 13.4. The number of nitrogens with two attached hydrogens (primary N) is 1. The summed E-state index contributed by atoms with van der Waals surface area (Å²) < 4.78 is 11.5. The fourth-order valence-corrected chi connectivity index (χ4v) is 4.15. The van der Waals surface area contributed by atoms with Crippen LogP contribution in [-0.4, -0.2) is 28.6 Å². The van der Waals surface area contributed by atoms with Gasteiger partial charge in [0.1, 0.15) is 17.4 Å². The summed E-state index contributed by atoms with van der Waals surface area (Å²) in [6.07, 6.45) is -0.607. The topological polar surface area (TPSA) is 119 Å². The third kappa shape index (κ3) is 8.86. The zero-order chi connectivity index (χ0) is 29.6. The monoisotopic (exact) mass is 606 g/mol. The number of carbonyl (C=O) groups is 3. The Morgan fingerprint density at radius 1 is 0.950 bits per heavy atom. The molecular formula is C29H29Cl3N2O6. The number of rotatable bonds is 10. The van der Waals surface area contributed by atoms with Gasteiger partial charge in [-0.05, 0) is 68.3 Å². The molecule has 0 saturated heterocycles. The van der Waals surface area contributed by atoms with E-state index in [2.05, 4.69) is 0 Å². The lowest BCUT2D eigenvalue weighted by atomic mass is 10.1. The van der Waals surface area contributed by atoms with Gasteiger partial charge in [0, 0.05) is 17.5 Å². The van der Waals surface area contributed by atoms with Crippen molar-refractivity contribution in [1.29, 1.82) is 0 Å². The standard InChI is InChI=1S/C29H29Cl3N2O6/c1-29(2,3)40-28(38)27(33)18-5-4-6-20(14-18)39-24-15-19(30)8-10-23(24)34(25(35)11-12-26(36)37)16-17-7-9-21(31)22(32)13-17/h4-10,13-15,27H,11-12,16,33H2,1-3H3,(H,36,37). The van der Waals surface area contributed by atoms with Crippen molar-refractivity contribution in [3.05, 3.63) is 86.9 Å². The van der Waals surface area contributed by atoms with Crippen LogP contribution in [0.1, 0.15) is 50.8 Å². The fraction of sp³-hybridized carbons (Fsp3) is 0.276. The summed E-state index contributed by atoms with van der Waals surface area (Å²) >= 11 is 18.5. The third-order valence-electron chi connectivity index (χ3n) is 5.50. The molecule has 1 amide bonds. The first-order chi connectivity index (χ1) is 18.7. The van der Waals surface area contributed by atoms with Crippen molar-refractivity contribution in [2.45, 2.75) is 51.8 Å². The molecule has 3 N–H and O–H groups in total. The Kier molecular flexibility index (Phi) is 10.4. The maximum atomic E-state index is 13.3. The van der Waals surface area contributed by atoms with E-state index in [0.29, 0.717) is 37.6 Å². The SMILES string of the molecule is CC(C)(C)OC(=O)C(N)c1cccc(Oc2cc(Cl)ccc2N(Cc2ccc(Cl)c(Cl)c2)C(=O)CCC(=O)O)c1.